The van der Waals surface area contributed by atoms with Crippen molar-refractivity contribution in [3.8, 4) is 0 Å². The summed E-state index contributed by atoms with van der Waals surface area (Å²) in [4.78, 5) is 12.3. The molecule has 0 amide bonds. The number of thioether (sulfide) groups is 1. The first-order valence-corrected chi connectivity index (χ1v) is 8.62. The zero-order valence-corrected chi connectivity index (χ0v) is 14.5. The van der Waals surface area contributed by atoms with Gasteiger partial charge in [-0.2, -0.15) is 0 Å². The average molecular weight is 329 g/mol. The van der Waals surface area contributed by atoms with E-state index >= 15 is 0 Å². The lowest BCUT2D eigenvalue weighted by Gasteiger charge is -2.27. The highest BCUT2D eigenvalue weighted by atomic mass is 32.2. The van der Waals surface area contributed by atoms with Crippen LogP contribution < -0.4 is 5.32 Å². The summed E-state index contributed by atoms with van der Waals surface area (Å²) in [7, 11) is 0. The van der Waals surface area contributed by atoms with Gasteiger partial charge in [0.25, 0.3) is 0 Å². The molecule has 0 aromatic heterocycles. The van der Waals surface area contributed by atoms with E-state index in [-0.39, 0.29) is 11.3 Å². The smallest absolute Gasteiger partial charge is 0.320 e. The molecule has 23 heavy (non-hydrogen) atoms. The second kappa shape index (κ2) is 8.18. The van der Waals surface area contributed by atoms with E-state index in [1.807, 2.05) is 25.1 Å². The van der Waals surface area contributed by atoms with Gasteiger partial charge in [-0.1, -0.05) is 48.0 Å². The van der Waals surface area contributed by atoms with Crippen LogP contribution in [0.2, 0.25) is 0 Å². The van der Waals surface area contributed by atoms with Crippen LogP contribution >= 0.6 is 11.8 Å². The van der Waals surface area contributed by atoms with Crippen molar-refractivity contribution in [3.05, 3.63) is 65.7 Å². The molecule has 0 saturated carbocycles. The first-order valence-electron chi connectivity index (χ1n) is 7.74. The quantitative estimate of drug-likeness (QED) is 0.744. The molecule has 2 N–H and O–H groups in total. The molecule has 0 bridgehead atoms. The zero-order valence-electron chi connectivity index (χ0n) is 13.7. The minimum absolute atomic E-state index is 0.0222. The van der Waals surface area contributed by atoms with Crippen molar-refractivity contribution in [2.45, 2.75) is 43.0 Å². The molecule has 122 valence electrons. The lowest BCUT2D eigenvalue weighted by Crippen LogP contribution is -2.42. The van der Waals surface area contributed by atoms with Gasteiger partial charge in [0.1, 0.15) is 6.04 Å². The maximum Gasteiger partial charge on any atom is 0.320 e. The van der Waals surface area contributed by atoms with E-state index < -0.39 is 12.0 Å². The van der Waals surface area contributed by atoms with Crippen molar-refractivity contribution in [2.75, 3.05) is 0 Å². The van der Waals surface area contributed by atoms with Crippen LogP contribution in [0.4, 0.5) is 0 Å². The molecule has 0 aliphatic carbocycles. The van der Waals surface area contributed by atoms with Gasteiger partial charge in [-0.25, -0.2) is 0 Å². The third-order valence-corrected chi connectivity index (χ3v) is 5.23. The van der Waals surface area contributed by atoms with E-state index in [0.717, 1.165) is 0 Å². The Morgan fingerprint density at radius 1 is 1.04 bits per heavy atom. The predicted octanol–water partition coefficient (Wildman–Crippen LogP) is 4.28. The first-order chi connectivity index (χ1) is 11.0. The fourth-order valence-corrected chi connectivity index (χ4v) is 3.60. The third-order valence-electron chi connectivity index (χ3n) is 3.75. The monoisotopic (exact) mass is 329 g/mol. The fraction of sp³-hybridized carbons (Fsp3) is 0.316. The second-order valence-electron chi connectivity index (χ2n) is 5.78. The predicted molar refractivity (Wildman–Crippen MR) is 95.9 cm³/mol. The van der Waals surface area contributed by atoms with Crippen LogP contribution in [-0.4, -0.2) is 23.2 Å². The molecule has 0 aliphatic heterocycles. The maximum absolute atomic E-state index is 11.1. The van der Waals surface area contributed by atoms with E-state index in [4.69, 9.17) is 5.11 Å². The van der Waals surface area contributed by atoms with E-state index in [1.54, 1.807) is 18.7 Å². The summed E-state index contributed by atoms with van der Waals surface area (Å²) in [6, 6.07) is 18.1. The molecule has 0 radical (unpaired) electrons. The van der Waals surface area contributed by atoms with Gasteiger partial charge in [0, 0.05) is 16.2 Å². The van der Waals surface area contributed by atoms with Crippen LogP contribution in [0.3, 0.4) is 0 Å². The molecule has 2 unspecified atom stereocenters. The summed E-state index contributed by atoms with van der Waals surface area (Å²) in [5.74, 6) is -0.829. The number of aryl methyl sites for hydroxylation is 1. The van der Waals surface area contributed by atoms with Crippen LogP contribution in [0.25, 0.3) is 0 Å². The molecular weight excluding hydrogens is 306 g/mol. The Morgan fingerprint density at radius 2 is 1.65 bits per heavy atom. The Morgan fingerprint density at radius 3 is 2.22 bits per heavy atom. The Labute approximate surface area is 142 Å². The fourth-order valence-electron chi connectivity index (χ4n) is 2.41. The van der Waals surface area contributed by atoms with Gasteiger partial charge in [0.05, 0.1) is 0 Å². The molecule has 2 aromatic carbocycles. The Balaban J connectivity index is 2.23. The standard InChI is InChI=1S/C19H23NO2S/c1-13-9-11-16(12-10-13)18(14(2)20-15(3)19(21)22)23-17-7-5-4-6-8-17/h4-12,14-15,18,20H,1-3H3,(H,21,22)/t14?,15-,18?/m0/s1. The summed E-state index contributed by atoms with van der Waals surface area (Å²) in [5, 5.41) is 12.5. The maximum atomic E-state index is 11.1. The van der Waals surface area contributed by atoms with E-state index in [9.17, 15) is 4.79 Å². The van der Waals surface area contributed by atoms with Crippen molar-refractivity contribution in [3.63, 3.8) is 0 Å². The molecule has 0 aliphatic rings. The third kappa shape index (κ3) is 5.12. The average Bonchev–Trinajstić information content (AvgIpc) is 2.54. The number of hydrogen-bond donors (Lipinski definition) is 2. The minimum atomic E-state index is -0.829. The van der Waals surface area contributed by atoms with Gasteiger partial charge >= 0.3 is 5.97 Å². The highest BCUT2D eigenvalue weighted by molar-refractivity contribution is 7.99. The molecule has 0 fully saturated rings. The van der Waals surface area contributed by atoms with Gasteiger partial charge in [0.2, 0.25) is 0 Å². The summed E-state index contributed by atoms with van der Waals surface area (Å²) < 4.78 is 0. The largest absolute Gasteiger partial charge is 0.480 e. The van der Waals surface area contributed by atoms with E-state index in [2.05, 4.69) is 48.6 Å². The number of aliphatic carboxylic acids is 1. The molecular formula is C19H23NO2S. The van der Waals surface area contributed by atoms with E-state index in [1.165, 1.54) is 16.0 Å². The van der Waals surface area contributed by atoms with Crippen molar-refractivity contribution < 1.29 is 9.90 Å². The molecule has 0 heterocycles. The van der Waals surface area contributed by atoms with Gasteiger partial charge in [0.15, 0.2) is 0 Å². The topological polar surface area (TPSA) is 49.3 Å². The van der Waals surface area contributed by atoms with Gasteiger partial charge in [-0.3, -0.25) is 4.79 Å². The van der Waals surface area contributed by atoms with Crippen LogP contribution in [-0.2, 0) is 4.79 Å². The zero-order chi connectivity index (χ0) is 16.8. The summed E-state index contributed by atoms with van der Waals surface area (Å²) in [6.45, 7) is 5.79. The second-order valence-corrected chi connectivity index (χ2v) is 6.99. The molecule has 3 nitrogen and oxygen atoms in total. The SMILES string of the molecule is Cc1ccc(C(Sc2ccccc2)C(C)N[C@@H](C)C(=O)O)cc1. The lowest BCUT2D eigenvalue weighted by molar-refractivity contribution is -0.139. The normalized spacial score (nSPS) is 14.9. The number of carboxylic acids is 1. The Bertz CT molecular complexity index is 628. The molecule has 0 saturated heterocycles. The van der Waals surface area contributed by atoms with Crippen molar-refractivity contribution in [1.29, 1.82) is 0 Å². The Hall–Kier alpha value is -1.78. The van der Waals surface area contributed by atoms with Crippen molar-refractivity contribution in [1.82, 2.24) is 5.32 Å². The van der Waals surface area contributed by atoms with Gasteiger partial charge in [-0.15, -0.1) is 11.8 Å². The molecule has 2 aromatic rings. The minimum Gasteiger partial charge on any atom is -0.480 e. The highest BCUT2D eigenvalue weighted by Gasteiger charge is 2.24. The van der Waals surface area contributed by atoms with E-state index in [0.29, 0.717) is 0 Å². The van der Waals surface area contributed by atoms with Crippen LogP contribution in [0.1, 0.15) is 30.2 Å². The number of rotatable bonds is 7. The number of carboxylic acid groups (broad SMARTS) is 1. The number of hydrogen-bond acceptors (Lipinski definition) is 3. The number of nitrogens with one attached hydrogen (secondary N) is 1. The summed E-state index contributed by atoms with van der Waals surface area (Å²) >= 11 is 1.75. The summed E-state index contributed by atoms with van der Waals surface area (Å²) in [5.41, 5.74) is 2.42. The molecule has 2 rings (SSSR count). The molecule has 0 spiro atoms. The summed E-state index contributed by atoms with van der Waals surface area (Å²) in [6.07, 6.45) is 0. The lowest BCUT2D eigenvalue weighted by atomic mass is 10.0. The van der Waals surface area contributed by atoms with Crippen LogP contribution in [0.15, 0.2) is 59.5 Å². The molecule has 4 heteroatoms. The van der Waals surface area contributed by atoms with Crippen molar-refractivity contribution in [2.24, 2.45) is 0 Å². The first kappa shape index (κ1) is 17.6. The van der Waals surface area contributed by atoms with Crippen molar-refractivity contribution >= 4 is 17.7 Å². The molecule has 3 atom stereocenters. The number of carbonyl (C=O) groups is 1. The van der Waals surface area contributed by atoms with Gasteiger partial charge in [-0.05, 0) is 38.5 Å². The van der Waals surface area contributed by atoms with Gasteiger partial charge < -0.3 is 10.4 Å². The highest BCUT2D eigenvalue weighted by Crippen LogP contribution is 2.37. The van der Waals surface area contributed by atoms with Crippen LogP contribution in [0, 0.1) is 6.92 Å². The Kier molecular flexibility index (Phi) is 6.25. The number of benzene rings is 2. The van der Waals surface area contributed by atoms with Crippen LogP contribution in [0.5, 0.6) is 0 Å².